The van der Waals surface area contributed by atoms with E-state index in [0.717, 1.165) is 0 Å². The van der Waals surface area contributed by atoms with Crippen LogP contribution in [-0.2, 0) is 5.58 Å². The van der Waals surface area contributed by atoms with Gasteiger partial charge in [0.1, 0.15) is 0 Å². The van der Waals surface area contributed by atoms with Crippen molar-refractivity contribution in [3.63, 3.8) is 0 Å². The molecule has 0 saturated heterocycles. The summed E-state index contributed by atoms with van der Waals surface area (Å²) >= 11 is -3.43. The largest absolute Gasteiger partial charge is 1.00 e. The van der Waals surface area contributed by atoms with Gasteiger partial charge < -0.3 is 5.11 Å². The van der Waals surface area contributed by atoms with Crippen molar-refractivity contribution in [1.82, 2.24) is 0 Å². The monoisotopic (exact) mass is 931 g/mol. The van der Waals surface area contributed by atoms with Gasteiger partial charge in [-0.3, -0.25) is 30.3 Å². The minimum absolute atomic E-state index is 0. The van der Waals surface area contributed by atoms with Crippen LogP contribution in [0.25, 0.3) is 0 Å². The molecule has 3 rings (SSSR count). The van der Waals surface area contributed by atoms with Crippen molar-refractivity contribution in [2.75, 3.05) is 0 Å². The Bertz CT molecular complexity index is 1860. The molecule has 0 atom stereocenters. The van der Waals surface area contributed by atoms with E-state index in [0.29, 0.717) is 36.4 Å². The molecular formula is C18H6KN9O21Pb. The predicted molar refractivity (Wildman–Crippen MR) is 139 cm³/mol. The molecule has 0 aliphatic heterocycles. The van der Waals surface area contributed by atoms with Crippen LogP contribution in [0, 0.1) is 80.6 Å². The van der Waals surface area contributed by atoms with Crippen LogP contribution >= 0.6 is 0 Å². The second-order valence-corrected chi connectivity index (χ2v) is 10.1. The van der Waals surface area contributed by atoms with Gasteiger partial charge in [-0.2, -0.15) is 0 Å². The summed E-state index contributed by atoms with van der Waals surface area (Å²) in [7, 11) is 0. The molecule has 0 heterocycles. The third-order valence-electron chi connectivity index (χ3n) is 5.16. The fourth-order valence-corrected chi connectivity index (χ4v) is 4.49. The first kappa shape index (κ1) is 42.2. The van der Waals surface area contributed by atoms with E-state index in [1.807, 2.05) is 0 Å². The maximum absolute atomic E-state index is 11.9. The maximum Gasteiger partial charge on any atom is 1.00 e. The fraction of sp³-hybridized carbons (Fsp3) is 0. The van der Waals surface area contributed by atoms with E-state index in [4.69, 9.17) is 0 Å². The third kappa shape index (κ3) is 10.1. The maximum atomic E-state index is 11.9. The Kier molecular flexibility index (Phi) is 14.8. The number of non-ortho nitro benzene ring substituents is 3. The molecule has 0 aliphatic carbocycles. The van der Waals surface area contributed by atoms with Crippen molar-refractivity contribution < 1.29 is 117 Å². The minimum Gasteiger partial charge on any atom is 1.00 e. The Labute approximate surface area is 324 Å². The van der Waals surface area contributed by atoms with E-state index in [-0.39, 0.29) is 51.4 Å². The molecule has 3 aromatic carbocycles. The molecule has 0 bridgehead atoms. The predicted octanol–water partition coefficient (Wildman–Crippen LogP) is -2.13. The number of nitrogens with zero attached hydrogens (tertiary/aromatic N) is 9. The second kappa shape index (κ2) is 17.6. The van der Waals surface area contributed by atoms with Crippen LogP contribution in [0.5, 0.6) is 17.2 Å². The van der Waals surface area contributed by atoms with E-state index < -0.39 is 138 Å². The molecule has 30 nitrogen and oxygen atoms in total. The van der Waals surface area contributed by atoms with E-state index >= 15 is 0 Å². The molecular weight excluding hydrogens is 925 g/mol. The van der Waals surface area contributed by atoms with Crippen molar-refractivity contribution >= 4 is 76.3 Å². The summed E-state index contributed by atoms with van der Waals surface area (Å²) in [5.41, 5.74) is -10.3. The second-order valence-electron chi connectivity index (χ2n) is 8.02. The number of nitro groups is 7. The molecule has 50 heavy (non-hydrogen) atoms. The number of nitro benzene ring substituents is 7. The summed E-state index contributed by atoms with van der Waals surface area (Å²) in [6, 6.07) is 2.11. The van der Waals surface area contributed by atoms with Crippen molar-refractivity contribution in [1.29, 1.82) is 0 Å². The molecule has 32 heteroatoms. The molecule has 0 N–H and O–H groups in total. The zero-order chi connectivity index (χ0) is 37.5. The molecule has 0 unspecified atom stereocenters. The molecule has 0 spiro atoms. The van der Waals surface area contributed by atoms with Crippen molar-refractivity contribution in [2.45, 2.75) is 0 Å². The van der Waals surface area contributed by atoms with Crippen LogP contribution in [0.1, 0.15) is 0 Å². The number of hydrogen-bond donors (Lipinski definition) is 0. The molecule has 2 radical (unpaired) electrons. The van der Waals surface area contributed by atoms with Gasteiger partial charge in [-0.25, -0.2) is 0 Å². The molecule has 0 fully saturated rings. The average molecular weight is 931 g/mol. The summed E-state index contributed by atoms with van der Waals surface area (Å²) in [6.07, 6.45) is 0. The molecule has 0 amide bonds. The summed E-state index contributed by atoms with van der Waals surface area (Å²) < 4.78 is 8.92. The van der Waals surface area contributed by atoms with Gasteiger partial charge in [-0.15, -0.1) is 0 Å². The number of benzene rings is 3. The first-order chi connectivity index (χ1) is 22.7. The van der Waals surface area contributed by atoms with Crippen LogP contribution in [-0.4, -0.2) is 69.5 Å². The van der Waals surface area contributed by atoms with Crippen molar-refractivity contribution in [2.24, 2.45) is 0 Å². The number of hydrogen-bond acceptors (Lipinski definition) is 21. The SMILES string of the molecule is O=[N+]([O-])c1cc([N+](=O)[O-])c([O-])c([N+](=O)[O-])c1.O=[N+]([O-])c1cc([N+](=O)[O-])c([O-])c([N+](=O)[O][Pb][O][N+](=O)c2cc([N+](=O)[O-])cc([N+](=O)[O-])c2[O-])c1.[K+]. The molecule has 0 saturated carbocycles. The van der Waals surface area contributed by atoms with Gasteiger partial charge in [0.25, 0.3) is 17.1 Å². The summed E-state index contributed by atoms with van der Waals surface area (Å²) in [6.45, 7) is 0. The van der Waals surface area contributed by atoms with Gasteiger partial charge in [0.2, 0.25) is 0 Å². The summed E-state index contributed by atoms with van der Waals surface area (Å²) in [5.74, 6) is -4.57. The molecule has 3 aromatic rings. The Morgan fingerprint density at radius 3 is 0.780 bits per heavy atom. The van der Waals surface area contributed by atoms with Crippen LogP contribution in [0.2, 0.25) is 0 Å². The third-order valence-corrected chi connectivity index (χ3v) is 7.03. The Balaban J connectivity index is 0.000000618. The van der Waals surface area contributed by atoms with E-state index in [1.165, 1.54) is 0 Å². The van der Waals surface area contributed by atoms with Gasteiger partial charge in [-0.1, -0.05) is 0 Å². The van der Waals surface area contributed by atoms with Gasteiger partial charge >= 0.3 is 242 Å². The van der Waals surface area contributed by atoms with E-state index in [2.05, 4.69) is 5.58 Å². The number of rotatable bonds is 13. The molecule has 254 valence electrons. The van der Waals surface area contributed by atoms with E-state index in [9.17, 15) is 95.9 Å². The zero-order valence-electron chi connectivity index (χ0n) is 23.6. The van der Waals surface area contributed by atoms with Gasteiger partial charge in [0, 0.05) is 0 Å². The Morgan fingerprint density at radius 2 is 0.580 bits per heavy atom. The van der Waals surface area contributed by atoms with Gasteiger partial charge in [-0.05, 0) is 0 Å². The van der Waals surface area contributed by atoms with Crippen LogP contribution in [0.15, 0.2) is 36.4 Å². The molecule has 0 aliphatic rings. The van der Waals surface area contributed by atoms with Gasteiger partial charge in [0.15, 0.2) is 0 Å². The zero-order valence-corrected chi connectivity index (χ0v) is 30.6. The quantitative estimate of drug-likeness (QED) is 0.100. The minimum atomic E-state index is -3.43. The van der Waals surface area contributed by atoms with Crippen molar-refractivity contribution in [3.8, 4) is 17.2 Å². The smallest absolute Gasteiger partial charge is 1.00 e. The summed E-state index contributed by atoms with van der Waals surface area (Å²) in [4.78, 5) is 88.6. The fourth-order valence-electron chi connectivity index (χ4n) is 3.07. The van der Waals surface area contributed by atoms with Crippen LogP contribution in [0.3, 0.4) is 0 Å². The topological polar surface area (TPSA) is 430 Å². The van der Waals surface area contributed by atoms with Crippen LogP contribution < -0.4 is 66.7 Å². The van der Waals surface area contributed by atoms with E-state index in [1.54, 1.807) is 0 Å². The van der Waals surface area contributed by atoms with Crippen molar-refractivity contribution in [3.05, 3.63) is 117 Å². The average Bonchev–Trinajstić information content (AvgIpc) is 3.00. The molecule has 0 aromatic heterocycles. The normalized spacial score (nSPS) is 9.84. The first-order valence-corrected chi connectivity index (χ1v) is 14.5. The Hall–Kier alpha value is -5.78. The van der Waals surface area contributed by atoms with Crippen LogP contribution in [0.4, 0.5) is 51.2 Å². The summed E-state index contributed by atoms with van der Waals surface area (Å²) in [5, 5.41) is 109. The first-order valence-electron chi connectivity index (χ1n) is 11.3. The van der Waals surface area contributed by atoms with Gasteiger partial charge in [0.05, 0.1) is 32.7 Å². The Morgan fingerprint density at radius 1 is 0.380 bits per heavy atom. The standard InChI is InChI=1S/3C6H3N3O7.K.Pb/c3*10-6-4(8(13)14)1-3(7(11)12)2-5(6)9(15)16;;/h3*1-2,10H;;/q;;;+1;+2/p-3.